The Morgan fingerprint density at radius 1 is 0.691 bits per heavy atom. The number of ether oxygens (including phenoxy) is 1. The summed E-state index contributed by atoms with van der Waals surface area (Å²) in [7, 11) is 1.66. The highest BCUT2D eigenvalue weighted by molar-refractivity contribution is 6.13. The van der Waals surface area contributed by atoms with Gasteiger partial charge in [-0.25, -0.2) is 15.8 Å². The molecule has 8 aromatic rings. The van der Waals surface area contributed by atoms with E-state index in [1.54, 1.807) is 37.6 Å². The number of likely N-dealkylation sites (N-methyl/N-ethyl adjacent to an activating group) is 1. The van der Waals surface area contributed by atoms with Crippen molar-refractivity contribution in [3.8, 4) is 50.5 Å². The van der Waals surface area contributed by atoms with Gasteiger partial charge in [-0.15, -0.1) is 0 Å². The summed E-state index contributed by atoms with van der Waals surface area (Å²) in [5, 5.41) is 25.1. The van der Waals surface area contributed by atoms with Gasteiger partial charge in [0.25, 0.3) is 5.91 Å². The van der Waals surface area contributed by atoms with Gasteiger partial charge in [0.1, 0.15) is 5.75 Å². The number of carbonyl (C=O) groups is 3. The zero-order valence-corrected chi connectivity index (χ0v) is 38.4. The third-order valence-electron chi connectivity index (χ3n) is 10.7. The molecule has 5 aromatic carbocycles. The average molecular weight is 913 g/mol. The molecule has 0 saturated heterocycles. The minimum atomic E-state index is -0.387. The molecule has 0 atom stereocenters. The second kappa shape index (κ2) is 25.1. The molecule has 0 aliphatic rings. The number of anilines is 2. The highest BCUT2D eigenvalue weighted by Gasteiger charge is 2.19. The summed E-state index contributed by atoms with van der Waals surface area (Å²) in [5.74, 6) is 5.44. The Balaban J connectivity index is 0.000000216. The first-order chi connectivity index (χ1) is 33.3. The predicted octanol–water partition coefficient (Wildman–Crippen LogP) is 8.43. The van der Waals surface area contributed by atoms with Crippen molar-refractivity contribution in [3.05, 3.63) is 157 Å². The second-order valence-electron chi connectivity index (χ2n) is 15.1. The molecule has 0 unspecified atom stereocenters. The number of nitrogens with zero attached hydrogens (tertiary/aromatic N) is 4. The number of hydrogen-bond donors (Lipinski definition) is 6. The third-order valence-corrected chi connectivity index (χ3v) is 10.7. The summed E-state index contributed by atoms with van der Waals surface area (Å²) in [6.45, 7) is 5.42. The number of aliphatic hydroxyl groups excluding tert-OH is 2. The lowest BCUT2D eigenvalue weighted by Gasteiger charge is -2.19. The molecule has 14 nitrogen and oxygen atoms in total. The summed E-state index contributed by atoms with van der Waals surface area (Å²) in [5.41, 5.74) is 12.8. The lowest BCUT2D eigenvalue weighted by molar-refractivity contribution is -0.121. The lowest BCUT2D eigenvalue weighted by Crippen LogP contribution is -2.36. The van der Waals surface area contributed by atoms with Crippen molar-refractivity contribution in [2.24, 2.45) is 5.84 Å². The van der Waals surface area contributed by atoms with Gasteiger partial charge in [0, 0.05) is 53.1 Å². The summed E-state index contributed by atoms with van der Waals surface area (Å²) >= 11 is 0. The number of nitrogen functional groups attached to an aromatic ring is 1. The van der Waals surface area contributed by atoms with E-state index in [-0.39, 0.29) is 31.6 Å². The molecular weight excluding hydrogens is 857 g/mol. The van der Waals surface area contributed by atoms with Crippen LogP contribution in [-0.4, -0.2) is 83.3 Å². The molecule has 3 aromatic heterocycles. The standard InChI is InChI=1S/C27H26N4O3.C25H24N4O3.C2H6/c1-28-17-27(34)31(18-33)26-16-25(30-24-5-3-2-4-23(24)26)21-8-6-19(7-9-21)20-10-12-22(13-11-20)29-14-15-32;26-29-25(31)21-15-24(28-23-11-12-27-16-22(21)23)19-5-3-17(4-6-19)18-7-9-20(10-8-18)32-14-2-1-13-30;1-2/h2-13,16,18,28-29,32H,14-15,17H2,1H3;3-12,15-16,30H,1-2,13-14,26H2,(H,29,31);1-2H3. The van der Waals surface area contributed by atoms with Crippen LogP contribution in [0.25, 0.3) is 66.6 Å². The minimum absolute atomic E-state index is 0.0493. The van der Waals surface area contributed by atoms with Gasteiger partial charge in [0.05, 0.1) is 53.4 Å². The normalized spacial score (nSPS) is 10.6. The number of para-hydroxylation sites is 1. The van der Waals surface area contributed by atoms with Crippen molar-refractivity contribution in [1.82, 2.24) is 25.7 Å². The second-order valence-corrected chi connectivity index (χ2v) is 15.1. The highest BCUT2D eigenvalue weighted by Crippen LogP contribution is 2.33. The average Bonchev–Trinajstić information content (AvgIpc) is 3.40. The summed E-state index contributed by atoms with van der Waals surface area (Å²) in [6, 6.07) is 44.7. The number of benzene rings is 5. The number of aromatic nitrogens is 3. The van der Waals surface area contributed by atoms with Crippen molar-refractivity contribution < 1.29 is 29.3 Å². The van der Waals surface area contributed by atoms with Gasteiger partial charge in [0.15, 0.2) is 0 Å². The van der Waals surface area contributed by atoms with Crippen LogP contribution in [0.1, 0.15) is 37.0 Å². The van der Waals surface area contributed by atoms with Crippen LogP contribution in [-0.2, 0) is 9.59 Å². The van der Waals surface area contributed by atoms with Crippen LogP contribution in [0, 0.1) is 0 Å². The van der Waals surface area contributed by atoms with Gasteiger partial charge in [-0.3, -0.25) is 29.7 Å². The first-order valence-corrected chi connectivity index (χ1v) is 22.4. The van der Waals surface area contributed by atoms with Crippen LogP contribution >= 0.6 is 0 Å². The number of unbranched alkanes of at least 4 members (excludes halogenated alkanes) is 1. The Hall–Kier alpha value is -7.88. The molecule has 3 heterocycles. The van der Waals surface area contributed by atoms with Crippen LogP contribution in [0.4, 0.5) is 11.4 Å². The van der Waals surface area contributed by atoms with Crippen molar-refractivity contribution in [2.45, 2.75) is 26.7 Å². The number of carbonyl (C=O) groups excluding carboxylic acids is 3. The highest BCUT2D eigenvalue weighted by atomic mass is 16.5. The van der Waals surface area contributed by atoms with Crippen molar-refractivity contribution in [2.75, 3.05) is 50.2 Å². The maximum Gasteiger partial charge on any atom is 0.265 e. The fourth-order valence-corrected chi connectivity index (χ4v) is 7.27. The van der Waals surface area contributed by atoms with Crippen LogP contribution in [0.15, 0.2) is 152 Å². The largest absolute Gasteiger partial charge is 0.494 e. The molecule has 0 saturated carbocycles. The Labute approximate surface area is 395 Å². The SMILES string of the molecule is CC.CNCC(=O)N(C=O)c1cc(-c2ccc(-c3ccc(NCCO)cc3)cc2)nc2ccccc12.NNC(=O)c1cc(-c2ccc(-c3ccc(OCCCCO)cc3)cc2)nc2ccncc12. The quantitative estimate of drug-likeness (QED) is 0.0168. The number of pyridine rings is 3. The number of nitrogens with two attached hydrogens (primary N) is 1. The van der Waals surface area contributed by atoms with Gasteiger partial charge in [0.2, 0.25) is 12.3 Å². The molecular formula is C54H56N8O6. The smallest absolute Gasteiger partial charge is 0.265 e. The monoisotopic (exact) mass is 912 g/mol. The number of aliphatic hydroxyl groups is 2. The number of hydrazine groups is 1. The van der Waals surface area contributed by atoms with E-state index in [9.17, 15) is 14.4 Å². The molecule has 0 spiro atoms. The number of amides is 3. The Kier molecular flexibility index (Phi) is 18.3. The van der Waals surface area contributed by atoms with Gasteiger partial charge in [-0.1, -0.05) is 105 Å². The van der Waals surface area contributed by atoms with Crippen LogP contribution in [0.5, 0.6) is 5.75 Å². The number of rotatable bonds is 17. The van der Waals surface area contributed by atoms with Crippen LogP contribution in [0.2, 0.25) is 0 Å². The van der Waals surface area contributed by atoms with Crippen LogP contribution in [0.3, 0.4) is 0 Å². The van der Waals surface area contributed by atoms with E-state index in [1.807, 2.05) is 135 Å². The van der Waals surface area contributed by atoms with E-state index in [2.05, 4.69) is 26.0 Å². The van der Waals surface area contributed by atoms with E-state index in [1.165, 1.54) is 0 Å². The van der Waals surface area contributed by atoms with Gasteiger partial charge in [-0.2, -0.15) is 0 Å². The summed E-state index contributed by atoms with van der Waals surface area (Å²) in [6.07, 6.45) is 5.37. The van der Waals surface area contributed by atoms with E-state index in [0.29, 0.717) is 58.6 Å². The molecule has 0 fully saturated rings. The molecule has 0 bridgehead atoms. The van der Waals surface area contributed by atoms with E-state index in [0.717, 1.165) is 67.9 Å². The number of hydrogen-bond acceptors (Lipinski definition) is 12. The topological polar surface area (TPSA) is 205 Å². The summed E-state index contributed by atoms with van der Waals surface area (Å²) < 4.78 is 5.69. The number of nitrogens with one attached hydrogen (secondary N) is 3. The zero-order valence-electron chi connectivity index (χ0n) is 38.4. The lowest BCUT2D eigenvalue weighted by atomic mass is 10.0. The Morgan fingerprint density at radius 2 is 1.25 bits per heavy atom. The Morgan fingerprint density at radius 3 is 1.82 bits per heavy atom. The van der Waals surface area contributed by atoms with E-state index in [4.69, 9.17) is 25.8 Å². The van der Waals surface area contributed by atoms with E-state index >= 15 is 0 Å². The molecule has 3 amide bonds. The fraction of sp³-hybridized carbons (Fsp3) is 0.185. The molecule has 8 rings (SSSR count). The summed E-state index contributed by atoms with van der Waals surface area (Å²) in [4.78, 5) is 51.3. The fourth-order valence-electron chi connectivity index (χ4n) is 7.27. The molecule has 14 heteroatoms. The molecule has 0 aliphatic carbocycles. The van der Waals surface area contributed by atoms with Crippen molar-refractivity contribution >= 4 is 51.4 Å². The molecule has 0 aliphatic heterocycles. The minimum Gasteiger partial charge on any atom is -0.494 e. The third kappa shape index (κ3) is 12.5. The van der Waals surface area contributed by atoms with E-state index < -0.39 is 0 Å². The molecule has 0 radical (unpaired) electrons. The maximum absolute atomic E-state index is 12.5. The molecule has 7 N–H and O–H groups in total. The number of imide groups is 1. The molecule has 348 valence electrons. The first kappa shape index (κ1) is 49.6. The zero-order chi connectivity index (χ0) is 48.3. The van der Waals surface area contributed by atoms with Crippen molar-refractivity contribution in [1.29, 1.82) is 0 Å². The van der Waals surface area contributed by atoms with Gasteiger partial charge >= 0.3 is 0 Å². The Bertz CT molecular complexity index is 2900. The van der Waals surface area contributed by atoms with Crippen molar-refractivity contribution in [3.63, 3.8) is 0 Å². The van der Waals surface area contributed by atoms with Crippen LogP contribution < -0.4 is 31.5 Å². The maximum atomic E-state index is 12.5. The van der Waals surface area contributed by atoms with Gasteiger partial charge in [-0.05, 0) is 90.7 Å². The number of fused-ring (bicyclic) bond motifs is 2. The molecule has 68 heavy (non-hydrogen) atoms. The predicted molar refractivity (Wildman–Crippen MR) is 271 cm³/mol. The first-order valence-electron chi connectivity index (χ1n) is 22.4. The van der Waals surface area contributed by atoms with Gasteiger partial charge < -0.3 is 25.6 Å².